The summed E-state index contributed by atoms with van der Waals surface area (Å²) in [6, 6.07) is 3.56. The third-order valence-corrected chi connectivity index (χ3v) is 8.31. The van der Waals surface area contributed by atoms with Crippen molar-refractivity contribution in [3.05, 3.63) is 34.5 Å². The number of aromatic nitrogens is 2. The van der Waals surface area contributed by atoms with Crippen LogP contribution >= 0.6 is 11.3 Å². The number of nitrogens with zero attached hydrogens (tertiary/aromatic N) is 2. The van der Waals surface area contributed by atoms with Crippen LogP contribution in [0.15, 0.2) is 18.5 Å². The molecule has 0 radical (unpaired) electrons. The van der Waals surface area contributed by atoms with Gasteiger partial charge in [-0.1, -0.05) is 19.3 Å². The summed E-state index contributed by atoms with van der Waals surface area (Å²) in [6.45, 7) is 2.43. The highest BCUT2D eigenvalue weighted by molar-refractivity contribution is 7.19. The van der Waals surface area contributed by atoms with Crippen LogP contribution in [0.4, 0.5) is 17.2 Å². The van der Waals surface area contributed by atoms with Gasteiger partial charge in [-0.15, -0.1) is 11.3 Å². The van der Waals surface area contributed by atoms with Crippen LogP contribution in [0.1, 0.15) is 61.5 Å². The van der Waals surface area contributed by atoms with E-state index in [4.69, 9.17) is 15.9 Å². The summed E-state index contributed by atoms with van der Waals surface area (Å²) >= 11 is 1.69. The molecular formula is C26H31N5O2S. The lowest BCUT2D eigenvalue weighted by Crippen LogP contribution is -2.29. The maximum atomic E-state index is 13.2. The van der Waals surface area contributed by atoms with E-state index in [2.05, 4.69) is 15.3 Å². The van der Waals surface area contributed by atoms with Crippen molar-refractivity contribution in [1.29, 1.82) is 5.41 Å². The van der Waals surface area contributed by atoms with Gasteiger partial charge < -0.3 is 21.2 Å². The van der Waals surface area contributed by atoms with Gasteiger partial charge in [-0.05, 0) is 50.7 Å². The molecule has 34 heavy (non-hydrogen) atoms. The number of fused-ring (bicyclic) bond motifs is 3. The molecule has 2 heterocycles. The Labute approximate surface area is 203 Å². The lowest BCUT2D eigenvalue weighted by molar-refractivity contribution is -0.128. The molecule has 2 aliphatic carbocycles. The molecule has 8 heteroatoms. The van der Waals surface area contributed by atoms with E-state index in [1.807, 2.05) is 13.0 Å². The fourth-order valence-electron chi connectivity index (χ4n) is 5.41. The Hall–Kier alpha value is -3.00. The van der Waals surface area contributed by atoms with E-state index in [1.165, 1.54) is 35.9 Å². The first-order valence-electron chi connectivity index (χ1n) is 12.2. The molecular weight excluding hydrogens is 446 g/mol. The standard InChI is InChI=1S/C26H31N5O2S/c1-2-33-21-12-19(28)17(13-27)10-20(21)31-25-23-18-9-8-16(24(32)15-6-4-3-5-7-15)11-22(18)34-26(23)30-14-29-25/h10,12-16,27H,2-9,11,28H2,1H3,(H,29,30,31)/t16-/m0/s1. The van der Waals surface area contributed by atoms with Gasteiger partial charge in [0.25, 0.3) is 0 Å². The van der Waals surface area contributed by atoms with E-state index in [1.54, 1.807) is 23.7 Å². The Morgan fingerprint density at radius 3 is 2.82 bits per heavy atom. The van der Waals surface area contributed by atoms with Crippen molar-refractivity contribution in [2.24, 2.45) is 11.8 Å². The van der Waals surface area contributed by atoms with Crippen LogP contribution in [0.25, 0.3) is 10.2 Å². The minimum absolute atomic E-state index is 0.129. The maximum absolute atomic E-state index is 13.2. The van der Waals surface area contributed by atoms with Gasteiger partial charge in [-0.3, -0.25) is 4.79 Å². The largest absolute Gasteiger partial charge is 0.492 e. The molecule has 5 rings (SSSR count). The van der Waals surface area contributed by atoms with Gasteiger partial charge in [0.1, 0.15) is 28.5 Å². The number of nitrogens with two attached hydrogens (primary N) is 1. The predicted octanol–water partition coefficient (Wildman–Crippen LogP) is 5.67. The van der Waals surface area contributed by atoms with Crippen molar-refractivity contribution < 1.29 is 9.53 Å². The summed E-state index contributed by atoms with van der Waals surface area (Å²) in [5, 5.41) is 12.1. The van der Waals surface area contributed by atoms with E-state index in [0.717, 1.165) is 53.8 Å². The number of carbonyl (C=O) groups is 1. The molecule has 0 saturated heterocycles. The van der Waals surface area contributed by atoms with Crippen molar-refractivity contribution in [2.45, 2.75) is 58.3 Å². The van der Waals surface area contributed by atoms with Crippen LogP contribution in [0.5, 0.6) is 5.75 Å². The molecule has 1 saturated carbocycles. The summed E-state index contributed by atoms with van der Waals surface area (Å²) in [5.74, 6) is 2.22. The number of thiophene rings is 1. The minimum Gasteiger partial charge on any atom is -0.492 e. The van der Waals surface area contributed by atoms with Crippen LogP contribution < -0.4 is 15.8 Å². The molecule has 0 unspecified atom stereocenters. The zero-order chi connectivity index (χ0) is 23.7. The Balaban J connectivity index is 1.46. The third kappa shape index (κ3) is 4.27. The quantitative estimate of drug-likeness (QED) is 0.298. The molecule has 3 aromatic rings. The third-order valence-electron chi connectivity index (χ3n) is 7.15. The number of rotatable bonds is 7. The minimum atomic E-state index is 0.129. The molecule has 1 fully saturated rings. The number of carbonyl (C=O) groups excluding carboxylic acids is 1. The van der Waals surface area contributed by atoms with E-state index in [0.29, 0.717) is 29.4 Å². The smallest absolute Gasteiger partial charge is 0.144 e. The van der Waals surface area contributed by atoms with Crippen LogP contribution in [0, 0.1) is 17.2 Å². The average Bonchev–Trinajstić information content (AvgIpc) is 3.24. The molecule has 2 aromatic heterocycles. The van der Waals surface area contributed by atoms with Crippen LogP contribution in [0.3, 0.4) is 0 Å². The van der Waals surface area contributed by atoms with Crippen molar-refractivity contribution in [1.82, 2.24) is 9.97 Å². The fourth-order valence-corrected chi connectivity index (χ4v) is 6.67. The van der Waals surface area contributed by atoms with E-state index < -0.39 is 0 Å². The summed E-state index contributed by atoms with van der Waals surface area (Å²) < 4.78 is 5.80. The Bertz CT molecular complexity index is 1230. The fraction of sp³-hybridized carbons (Fsp3) is 0.462. The molecule has 0 aliphatic heterocycles. The van der Waals surface area contributed by atoms with Gasteiger partial charge in [0, 0.05) is 40.2 Å². The molecule has 0 spiro atoms. The van der Waals surface area contributed by atoms with Crippen molar-refractivity contribution in [2.75, 3.05) is 17.7 Å². The van der Waals surface area contributed by atoms with Gasteiger partial charge >= 0.3 is 0 Å². The lowest BCUT2D eigenvalue weighted by atomic mass is 9.76. The van der Waals surface area contributed by atoms with Gasteiger partial charge in [0.2, 0.25) is 0 Å². The summed E-state index contributed by atoms with van der Waals surface area (Å²) in [4.78, 5) is 24.5. The van der Waals surface area contributed by atoms with Crippen molar-refractivity contribution in [3.63, 3.8) is 0 Å². The van der Waals surface area contributed by atoms with Crippen LogP contribution in [0.2, 0.25) is 0 Å². The molecule has 7 nitrogen and oxygen atoms in total. The molecule has 1 atom stereocenters. The molecule has 2 aliphatic rings. The van der Waals surface area contributed by atoms with E-state index in [-0.39, 0.29) is 11.8 Å². The predicted molar refractivity (Wildman–Crippen MR) is 138 cm³/mol. The Morgan fingerprint density at radius 1 is 1.24 bits per heavy atom. The highest BCUT2D eigenvalue weighted by atomic mass is 32.1. The lowest BCUT2D eigenvalue weighted by Gasteiger charge is -2.27. The zero-order valence-electron chi connectivity index (χ0n) is 19.5. The molecule has 1 aromatic carbocycles. The second kappa shape index (κ2) is 9.70. The topological polar surface area (TPSA) is 114 Å². The van der Waals surface area contributed by atoms with Crippen molar-refractivity contribution >= 4 is 50.7 Å². The normalized spacial score (nSPS) is 18.4. The summed E-state index contributed by atoms with van der Waals surface area (Å²) in [6.07, 6.45) is 11.2. The van der Waals surface area contributed by atoms with Gasteiger partial charge in [-0.25, -0.2) is 9.97 Å². The number of nitrogen functional groups attached to an aromatic ring is 1. The molecule has 178 valence electrons. The molecule has 4 N–H and O–H groups in total. The SMILES string of the molecule is CCOc1cc(N)c(C=N)cc1Nc1ncnc2sc3c(c12)CC[C@H](C(=O)C1CCCCC1)C3. The summed E-state index contributed by atoms with van der Waals surface area (Å²) in [5.41, 5.74) is 9.17. The first-order valence-corrected chi connectivity index (χ1v) is 13.0. The molecule has 0 bridgehead atoms. The first-order chi connectivity index (χ1) is 16.6. The van der Waals surface area contributed by atoms with Crippen molar-refractivity contribution in [3.8, 4) is 5.75 Å². The molecule has 0 amide bonds. The second-order valence-electron chi connectivity index (χ2n) is 9.26. The second-order valence-corrected chi connectivity index (χ2v) is 10.3. The van der Waals surface area contributed by atoms with Crippen LogP contribution in [-0.4, -0.2) is 28.6 Å². The highest BCUT2D eigenvalue weighted by Gasteiger charge is 2.33. The van der Waals surface area contributed by atoms with Gasteiger partial charge in [0.15, 0.2) is 0 Å². The monoisotopic (exact) mass is 477 g/mol. The number of benzene rings is 1. The Morgan fingerprint density at radius 2 is 2.06 bits per heavy atom. The average molecular weight is 478 g/mol. The highest BCUT2D eigenvalue weighted by Crippen LogP contribution is 2.42. The summed E-state index contributed by atoms with van der Waals surface area (Å²) in [7, 11) is 0. The van der Waals surface area contributed by atoms with E-state index in [9.17, 15) is 4.79 Å². The number of Topliss-reactive ketones (excluding diaryl/α,β-unsaturated/α-hetero) is 1. The number of anilines is 3. The van der Waals surface area contributed by atoms with E-state index >= 15 is 0 Å². The number of ketones is 1. The number of aryl methyl sites for hydroxylation is 1. The maximum Gasteiger partial charge on any atom is 0.144 e. The first kappa shape index (κ1) is 22.8. The van der Waals surface area contributed by atoms with Gasteiger partial charge in [-0.2, -0.15) is 0 Å². The van der Waals surface area contributed by atoms with Crippen LogP contribution in [-0.2, 0) is 17.6 Å². The number of hydrogen-bond donors (Lipinski definition) is 3. The number of ether oxygens (including phenoxy) is 1. The number of hydrogen-bond acceptors (Lipinski definition) is 8. The number of nitrogens with one attached hydrogen (secondary N) is 2. The van der Waals surface area contributed by atoms with Gasteiger partial charge in [0.05, 0.1) is 17.7 Å². The Kier molecular flexibility index (Phi) is 6.50. The zero-order valence-corrected chi connectivity index (χ0v) is 20.3.